The number of hydrogen-bond donors (Lipinski definition) is 1. The first kappa shape index (κ1) is 20.3. The van der Waals surface area contributed by atoms with Gasteiger partial charge < -0.3 is 5.32 Å². The number of carbonyl (C=O) groups is 2. The molecule has 31 heavy (non-hydrogen) atoms. The standard InChI is InChI=1S/C24H15ClN2O4/c25-21-12-10-17(14-22(21)27(30)31)23(28)19-7-3-4-8-20(19)24(29)26-18-11-9-15-5-1-2-6-16(15)13-18/h1-14H,(H,26,29). The van der Waals surface area contributed by atoms with Crippen molar-refractivity contribution in [2.45, 2.75) is 0 Å². The maximum absolute atomic E-state index is 13.0. The second kappa shape index (κ2) is 8.38. The Hall–Kier alpha value is -4.03. The Kier molecular flexibility index (Phi) is 5.47. The summed E-state index contributed by atoms with van der Waals surface area (Å²) in [5.41, 5.74) is 0.594. The molecule has 0 heterocycles. The highest BCUT2D eigenvalue weighted by Gasteiger charge is 2.21. The lowest BCUT2D eigenvalue weighted by molar-refractivity contribution is -0.384. The van der Waals surface area contributed by atoms with E-state index in [-0.39, 0.29) is 27.4 Å². The van der Waals surface area contributed by atoms with Gasteiger partial charge in [0.15, 0.2) is 5.78 Å². The van der Waals surface area contributed by atoms with Crippen LogP contribution in [-0.4, -0.2) is 16.6 Å². The molecular weight excluding hydrogens is 416 g/mol. The number of nitro benzene ring substituents is 1. The Morgan fingerprint density at radius 1 is 0.806 bits per heavy atom. The van der Waals surface area contributed by atoms with E-state index in [1.807, 2.05) is 36.4 Å². The van der Waals surface area contributed by atoms with Crippen molar-refractivity contribution < 1.29 is 14.5 Å². The fourth-order valence-corrected chi connectivity index (χ4v) is 3.48. The minimum atomic E-state index is -0.655. The lowest BCUT2D eigenvalue weighted by atomic mass is 9.97. The van der Waals surface area contributed by atoms with E-state index in [0.29, 0.717) is 5.69 Å². The van der Waals surface area contributed by atoms with Gasteiger partial charge in [0.2, 0.25) is 0 Å². The van der Waals surface area contributed by atoms with Gasteiger partial charge >= 0.3 is 0 Å². The summed E-state index contributed by atoms with van der Waals surface area (Å²) in [6.45, 7) is 0. The number of ketones is 1. The van der Waals surface area contributed by atoms with E-state index < -0.39 is 16.6 Å². The molecule has 7 heteroatoms. The summed E-state index contributed by atoms with van der Waals surface area (Å²) in [5.74, 6) is -0.966. The number of nitrogens with one attached hydrogen (secondary N) is 1. The van der Waals surface area contributed by atoms with Gasteiger partial charge in [0.25, 0.3) is 11.6 Å². The molecule has 152 valence electrons. The normalized spacial score (nSPS) is 10.6. The SMILES string of the molecule is O=C(Nc1ccc2ccccc2c1)c1ccccc1C(=O)c1ccc(Cl)c([N+](=O)[O-])c1. The van der Waals surface area contributed by atoms with Crippen molar-refractivity contribution in [2.24, 2.45) is 0 Å². The number of benzene rings is 4. The molecule has 1 amide bonds. The average Bonchev–Trinajstić information content (AvgIpc) is 2.78. The number of nitro groups is 1. The van der Waals surface area contributed by atoms with E-state index >= 15 is 0 Å². The van der Waals surface area contributed by atoms with E-state index in [4.69, 9.17) is 11.6 Å². The van der Waals surface area contributed by atoms with Crippen LogP contribution in [0.15, 0.2) is 84.9 Å². The summed E-state index contributed by atoms with van der Waals surface area (Å²) in [6.07, 6.45) is 0. The van der Waals surface area contributed by atoms with Gasteiger partial charge in [-0.05, 0) is 41.1 Å². The maximum Gasteiger partial charge on any atom is 0.288 e. The third-order valence-electron chi connectivity index (χ3n) is 4.83. The van der Waals surface area contributed by atoms with Crippen LogP contribution in [0.4, 0.5) is 11.4 Å². The predicted molar refractivity (Wildman–Crippen MR) is 120 cm³/mol. The first-order valence-corrected chi connectivity index (χ1v) is 9.69. The molecule has 1 N–H and O–H groups in total. The topological polar surface area (TPSA) is 89.3 Å². The van der Waals surface area contributed by atoms with Crippen molar-refractivity contribution in [3.05, 3.63) is 117 Å². The molecule has 0 unspecified atom stereocenters. The molecule has 0 aliphatic carbocycles. The van der Waals surface area contributed by atoms with Crippen LogP contribution in [-0.2, 0) is 0 Å². The number of anilines is 1. The zero-order chi connectivity index (χ0) is 22.0. The van der Waals surface area contributed by atoms with Crippen LogP contribution >= 0.6 is 11.6 Å². The molecule has 0 bridgehead atoms. The lowest BCUT2D eigenvalue weighted by Crippen LogP contribution is -2.17. The molecule has 4 aromatic carbocycles. The number of halogens is 1. The number of hydrogen-bond acceptors (Lipinski definition) is 4. The van der Waals surface area contributed by atoms with Crippen molar-refractivity contribution >= 4 is 45.4 Å². The Labute approximate surface area is 182 Å². The van der Waals surface area contributed by atoms with Gasteiger partial charge in [-0.15, -0.1) is 0 Å². The molecule has 0 atom stereocenters. The van der Waals surface area contributed by atoms with Gasteiger partial charge in [0, 0.05) is 22.9 Å². The zero-order valence-corrected chi connectivity index (χ0v) is 16.8. The highest BCUT2D eigenvalue weighted by Crippen LogP contribution is 2.27. The number of nitrogens with zero attached hydrogens (tertiary/aromatic N) is 1. The number of rotatable bonds is 5. The summed E-state index contributed by atoms with van der Waals surface area (Å²) in [6, 6.07) is 23.4. The molecule has 0 aromatic heterocycles. The van der Waals surface area contributed by atoms with E-state index in [1.54, 1.807) is 18.2 Å². The van der Waals surface area contributed by atoms with Crippen LogP contribution in [0.25, 0.3) is 10.8 Å². The van der Waals surface area contributed by atoms with Crippen molar-refractivity contribution in [1.29, 1.82) is 0 Å². The van der Waals surface area contributed by atoms with Gasteiger partial charge in [-0.25, -0.2) is 0 Å². The summed E-state index contributed by atoms with van der Waals surface area (Å²) in [4.78, 5) is 36.5. The molecule has 4 rings (SSSR count). The molecule has 4 aromatic rings. The van der Waals surface area contributed by atoms with Crippen molar-refractivity contribution in [3.63, 3.8) is 0 Å². The van der Waals surface area contributed by atoms with Crippen molar-refractivity contribution in [2.75, 3.05) is 5.32 Å². The third kappa shape index (κ3) is 4.15. The van der Waals surface area contributed by atoms with Crippen LogP contribution in [0.3, 0.4) is 0 Å². The zero-order valence-electron chi connectivity index (χ0n) is 16.0. The summed E-state index contributed by atoms with van der Waals surface area (Å²) >= 11 is 5.84. The van der Waals surface area contributed by atoms with Crippen LogP contribution in [0.1, 0.15) is 26.3 Å². The van der Waals surface area contributed by atoms with Crippen LogP contribution < -0.4 is 5.32 Å². The molecule has 0 spiro atoms. The summed E-state index contributed by atoms with van der Waals surface area (Å²) in [7, 11) is 0. The van der Waals surface area contributed by atoms with E-state index in [1.165, 1.54) is 24.3 Å². The molecule has 0 saturated heterocycles. The van der Waals surface area contributed by atoms with Crippen LogP contribution in [0, 0.1) is 10.1 Å². The largest absolute Gasteiger partial charge is 0.322 e. The minimum Gasteiger partial charge on any atom is -0.322 e. The van der Waals surface area contributed by atoms with Crippen LogP contribution in [0.2, 0.25) is 5.02 Å². The Morgan fingerprint density at radius 3 is 2.23 bits per heavy atom. The molecule has 0 aliphatic rings. The summed E-state index contributed by atoms with van der Waals surface area (Å²) < 4.78 is 0. The van der Waals surface area contributed by atoms with Crippen molar-refractivity contribution in [1.82, 2.24) is 0 Å². The Bertz CT molecular complexity index is 1350. The fourth-order valence-electron chi connectivity index (χ4n) is 3.29. The second-order valence-corrected chi connectivity index (χ2v) is 7.22. The Morgan fingerprint density at radius 2 is 1.48 bits per heavy atom. The molecular formula is C24H15ClN2O4. The number of fused-ring (bicyclic) bond motifs is 1. The molecule has 6 nitrogen and oxygen atoms in total. The summed E-state index contributed by atoms with van der Waals surface area (Å²) in [5, 5.41) is 15.9. The fraction of sp³-hybridized carbons (Fsp3) is 0. The van der Waals surface area contributed by atoms with E-state index in [9.17, 15) is 19.7 Å². The smallest absolute Gasteiger partial charge is 0.288 e. The lowest BCUT2D eigenvalue weighted by Gasteiger charge is -2.11. The van der Waals surface area contributed by atoms with E-state index in [2.05, 4.69) is 5.32 Å². The van der Waals surface area contributed by atoms with Gasteiger partial charge in [0.1, 0.15) is 5.02 Å². The van der Waals surface area contributed by atoms with Gasteiger partial charge in [-0.1, -0.05) is 60.1 Å². The first-order valence-electron chi connectivity index (χ1n) is 9.32. The number of amides is 1. The molecule has 0 aliphatic heterocycles. The monoisotopic (exact) mass is 430 g/mol. The number of carbonyl (C=O) groups excluding carboxylic acids is 2. The van der Waals surface area contributed by atoms with Gasteiger partial charge in [-0.3, -0.25) is 19.7 Å². The second-order valence-electron chi connectivity index (χ2n) is 6.81. The Balaban J connectivity index is 1.66. The predicted octanol–water partition coefficient (Wildman–Crippen LogP) is 5.88. The molecule has 0 radical (unpaired) electrons. The van der Waals surface area contributed by atoms with Crippen molar-refractivity contribution in [3.8, 4) is 0 Å². The quantitative estimate of drug-likeness (QED) is 0.243. The molecule has 0 fully saturated rings. The third-order valence-corrected chi connectivity index (χ3v) is 5.15. The van der Waals surface area contributed by atoms with Crippen LogP contribution in [0.5, 0.6) is 0 Å². The minimum absolute atomic E-state index is 0.0658. The highest BCUT2D eigenvalue weighted by molar-refractivity contribution is 6.33. The average molecular weight is 431 g/mol. The maximum atomic E-state index is 13.0. The van der Waals surface area contributed by atoms with Gasteiger partial charge in [-0.2, -0.15) is 0 Å². The first-order chi connectivity index (χ1) is 14.9. The van der Waals surface area contributed by atoms with Gasteiger partial charge in [0.05, 0.1) is 10.5 Å². The highest BCUT2D eigenvalue weighted by atomic mass is 35.5. The van der Waals surface area contributed by atoms with E-state index in [0.717, 1.165) is 16.8 Å². The molecule has 0 saturated carbocycles.